The molecular formula is C14H29N3O. The van der Waals surface area contributed by atoms with Crippen LogP contribution in [0.4, 0.5) is 0 Å². The number of primary amides is 1. The minimum Gasteiger partial charge on any atom is -0.368 e. The van der Waals surface area contributed by atoms with Gasteiger partial charge in [-0.05, 0) is 53.5 Å². The highest BCUT2D eigenvalue weighted by molar-refractivity contribution is 5.85. The fourth-order valence-electron chi connectivity index (χ4n) is 3.33. The second-order valence-corrected chi connectivity index (χ2v) is 6.07. The molecule has 0 aromatic heterocycles. The molecular weight excluding hydrogens is 226 g/mol. The molecule has 2 unspecified atom stereocenters. The van der Waals surface area contributed by atoms with Crippen molar-refractivity contribution in [2.45, 2.75) is 77.5 Å². The van der Waals surface area contributed by atoms with Crippen molar-refractivity contribution in [2.75, 3.05) is 6.54 Å². The van der Waals surface area contributed by atoms with Gasteiger partial charge in [0.05, 0.1) is 5.54 Å². The van der Waals surface area contributed by atoms with E-state index in [9.17, 15) is 4.79 Å². The predicted molar refractivity (Wildman–Crippen MR) is 75.4 cm³/mol. The Labute approximate surface area is 111 Å². The summed E-state index contributed by atoms with van der Waals surface area (Å²) in [5.41, 5.74) is 5.14. The van der Waals surface area contributed by atoms with Crippen molar-refractivity contribution in [1.29, 1.82) is 0 Å². The maximum atomic E-state index is 11.8. The molecule has 1 amide bonds. The Morgan fingerprint density at radius 1 is 1.44 bits per heavy atom. The fraction of sp³-hybridized carbons (Fsp3) is 0.929. The Morgan fingerprint density at radius 2 is 2.06 bits per heavy atom. The first-order valence-corrected chi connectivity index (χ1v) is 7.15. The van der Waals surface area contributed by atoms with Crippen LogP contribution in [0.3, 0.4) is 0 Å². The summed E-state index contributed by atoms with van der Waals surface area (Å²) in [6.45, 7) is 11.8. The van der Waals surface area contributed by atoms with Crippen LogP contribution in [-0.2, 0) is 4.79 Å². The molecule has 1 saturated carbocycles. The lowest BCUT2D eigenvalue weighted by atomic mass is 9.95. The van der Waals surface area contributed by atoms with Crippen molar-refractivity contribution in [3.05, 3.63) is 0 Å². The van der Waals surface area contributed by atoms with Gasteiger partial charge in [-0.2, -0.15) is 0 Å². The molecule has 0 heterocycles. The normalized spacial score (nSPS) is 28.6. The van der Waals surface area contributed by atoms with Gasteiger partial charge in [0.25, 0.3) is 0 Å². The topological polar surface area (TPSA) is 58.4 Å². The summed E-state index contributed by atoms with van der Waals surface area (Å²) in [7, 11) is 0. The average molecular weight is 255 g/mol. The monoisotopic (exact) mass is 255 g/mol. The van der Waals surface area contributed by atoms with Gasteiger partial charge < -0.3 is 11.1 Å². The quantitative estimate of drug-likeness (QED) is 0.756. The number of amides is 1. The van der Waals surface area contributed by atoms with Gasteiger partial charge in [-0.1, -0.05) is 6.92 Å². The molecule has 106 valence electrons. The SMILES string of the molecule is CCN(C(C)C)C1CCC(NC(C)C)(C(N)=O)C1. The van der Waals surface area contributed by atoms with Crippen molar-refractivity contribution in [2.24, 2.45) is 5.73 Å². The zero-order chi connectivity index (χ0) is 13.9. The van der Waals surface area contributed by atoms with Gasteiger partial charge in [0.1, 0.15) is 0 Å². The summed E-state index contributed by atoms with van der Waals surface area (Å²) in [6.07, 6.45) is 2.75. The number of nitrogens with zero attached hydrogens (tertiary/aromatic N) is 1. The molecule has 0 aliphatic heterocycles. The predicted octanol–water partition coefficient (Wildman–Crippen LogP) is 1.49. The molecule has 0 aromatic carbocycles. The van der Waals surface area contributed by atoms with Crippen LogP contribution in [0.25, 0.3) is 0 Å². The van der Waals surface area contributed by atoms with Gasteiger partial charge in [0.15, 0.2) is 0 Å². The summed E-state index contributed by atoms with van der Waals surface area (Å²) >= 11 is 0. The molecule has 4 nitrogen and oxygen atoms in total. The Bertz CT molecular complexity index is 291. The van der Waals surface area contributed by atoms with Gasteiger partial charge in [-0.15, -0.1) is 0 Å². The highest BCUT2D eigenvalue weighted by Gasteiger charge is 2.45. The number of hydrogen-bond donors (Lipinski definition) is 2. The van der Waals surface area contributed by atoms with E-state index in [1.54, 1.807) is 0 Å². The summed E-state index contributed by atoms with van der Waals surface area (Å²) in [5.74, 6) is -0.196. The molecule has 0 saturated heterocycles. The molecule has 1 rings (SSSR count). The van der Waals surface area contributed by atoms with Crippen molar-refractivity contribution in [3.8, 4) is 0 Å². The Kier molecular flexibility index (Phi) is 5.17. The van der Waals surface area contributed by atoms with E-state index in [2.05, 4.69) is 44.8 Å². The van der Waals surface area contributed by atoms with E-state index < -0.39 is 5.54 Å². The largest absolute Gasteiger partial charge is 0.368 e. The van der Waals surface area contributed by atoms with Crippen LogP contribution < -0.4 is 11.1 Å². The van der Waals surface area contributed by atoms with E-state index in [1.807, 2.05) is 0 Å². The summed E-state index contributed by atoms with van der Waals surface area (Å²) in [5, 5.41) is 3.40. The minimum absolute atomic E-state index is 0.196. The van der Waals surface area contributed by atoms with Crippen molar-refractivity contribution in [1.82, 2.24) is 10.2 Å². The van der Waals surface area contributed by atoms with Gasteiger partial charge >= 0.3 is 0 Å². The number of carbonyl (C=O) groups is 1. The van der Waals surface area contributed by atoms with E-state index in [0.29, 0.717) is 12.1 Å². The summed E-state index contributed by atoms with van der Waals surface area (Å²) in [4.78, 5) is 14.3. The molecule has 0 spiro atoms. The van der Waals surface area contributed by atoms with Crippen LogP contribution >= 0.6 is 0 Å². The first-order valence-electron chi connectivity index (χ1n) is 7.15. The number of nitrogens with one attached hydrogen (secondary N) is 1. The number of hydrogen-bond acceptors (Lipinski definition) is 3. The Balaban J connectivity index is 2.79. The smallest absolute Gasteiger partial charge is 0.237 e. The highest BCUT2D eigenvalue weighted by atomic mass is 16.1. The number of rotatable bonds is 6. The van der Waals surface area contributed by atoms with Crippen LogP contribution in [0.15, 0.2) is 0 Å². The van der Waals surface area contributed by atoms with Crippen LogP contribution in [-0.4, -0.2) is 41.0 Å². The van der Waals surface area contributed by atoms with E-state index in [4.69, 9.17) is 5.73 Å². The highest BCUT2D eigenvalue weighted by Crippen LogP contribution is 2.34. The molecule has 1 aliphatic rings. The Hall–Kier alpha value is -0.610. The zero-order valence-corrected chi connectivity index (χ0v) is 12.5. The molecule has 0 bridgehead atoms. The van der Waals surface area contributed by atoms with Gasteiger partial charge in [-0.25, -0.2) is 0 Å². The minimum atomic E-state index is -0.499. The summed E-state index contributed by atoms with van der Waals surface area (Å²) in [6, 6.07) is 1.27. The van der Waals surface area contributed by atoms with E-state index in [-0.39, 0.29) is 11.9 Å². The van der Waals surface area contributed by atoms with Gasteiger partial charge in [0, 0.05) is 18.1 Å². The first kappa shape index (κ1) is 15.4. The fourth-order valence-corrected chi connectivity index (χ4v) is 3.33. The molecule has 18 heavy (non-hydrogen) atoms. The first-order chi connectivity index (χ1) is 8.32. The lowest BCUT2D eigenvalue weighted by molar-refractivity contribution is -0.124. The maximum Gasteiger partial charge on any atom is 0.237 e. The third kappa shape index (κ3) is 3.23. The molecule has 0 aromatic rings. The van der Waals surface area contributed by atoms with E-state index in [0.717, 1.165) is 25.8 Å². The Morgan fingerprint density at radius 3 is 2.44 bits per heavy atom. The average Bonchev–Trinajstić information content (AvgIpc) is 2.63. The summed E-state index contributed by atoms with van der Waals surface area (Å²) < 4.78 is 0. The molecule has 4 heteroatoms. The third-order valence-electron chi connectivity index (χ3n) is 4.02. The van der Waals surface area contributed by atoms with Crippen molar-refractivity contribution in [3.63, 3.8) is 0 Å². The van der Waals surface area contributed by atoms with Gasteiger partial charge in [-0.3, -0.25) is 9.69 Å². The van der Waals surface area contributed by atoms with Gasteiger partial charge in [0.2, 0.25) is 5.91 Å². The number of nitrogens with two attached hydrogens (primary N) is 1. The maximum absolute atomic E-state index is 11.8. The third-order valence-corrected chi connectivity index (χ3v) is 4.02. The molecule has 2 atom stereocenters. The van der Waals surface area contributed by atoms with Crippen LogP contribution in [0.2, 0.25) is 0 Å². The second-order valence-electron chi connectivity index (χ2n) is 6.07. The lowest BCUT2D eigenvalue weighted by Crippen LogP contribution is -2.57. The molecule has 3 N–H and O–H groups in total. The molecule has 1 fully saturated rings. The van der Waals surface area contributed by atoms with Crippen molar-refractivity contribution < 1.29 is 4.79 Å². The number of carbonyl (C=O) groups excluding carboxylic acids is 1. The van der Waals surface area contributed by atoms with E-state index >= 15 is 0 Å². The van der Waals surface area contributed by atoms with Crippen LogP contribution in [0.5, 0.6) is 0 Å². The van der Waals surface area contributed by atoms with Crippen LogP contribution in [0, 0.1) is 0 Å². The second kappa shape index (κ2) is 6.02. The zero-order valence-electron chi connectivity index (χ0n) is 12.5. The van der Waals surface area contributed by atoms with E-state index in [1.165, 1.54) is 0 Å². The van der Waals surface area contributed by atoms with Crippen molar-refractivity contribution >= 4 is 5.91 Å². The lowest BCUT2D eigenvalue weighted by Gasteiger charge is -2.34. The molecule has 1 aliphatic carbocycles. The standard InChI is InChI=1S/C14H29N3O/c1-6-17(11(4)5)12-7-8-14(9-12,13(15)18)16-10(2)3/h10-12,16H,6-9H2,1-5H3,(H2,15,18). The van der Waals surface area contributed by atoms with Crippen LogP contribution in [0.1, 0.15) is 53.9 Å². The molecule has 0 radical (unpaired) electrons.